The largest absolute Gasteiger partial charge is 0.507 e. The van der Waals surface area contributed by atoms with Gasteiger partial charge in [-0.05, 0) is 78.5 Å². The summed E-state index contributed by atoms with van der Waals surface area (Å²) in [6.07, 6.45) is 0.429. The predicted molar refractivity (Wildman–Crippen MR) is 258 cm³/mol. The average Bonchev–Trinajstić information content (AvgIpc) is 4.07. The van der Waals surface area contributed by atoms with Gasteiger partial charge in [-0.1, -0.05) is 64.1 Å². The Bertz CT molecular complexity index is 2530. The second-order valence-electron chi connectivity index (χ2n) is 19.9. The van der Waals surface area contributed by atoms with E-state index in [1.54, 1.807) is 23.5 Å². The van der Waals surface area contributed by atoms with Crippen LogP contribution in [0.2, 0.25) is 0 Å². The molecule has 3 aromatic heterocycles. The molecule has 3 saturated heterocycles. The first-order valence-corrected chi connectivity index (χ1v) is 24.6. The fourth-order valence-corrected chi connectivity index (χ4v) is 11.4. The minimum absolute atomic E-state index is 0.0607. The lowest BCUT2D eigenvalue weighted by molar-refractivity contribution is -0.141. The highest BCUT2D eigenvalue weighted by atomic mass is 32.1. The number of fused-ring (bicyclic) bond motifs is 3. The molecular weight excluding hydrogens is 869 g/mol. The van der Waals surface area contributed by atoms with Crippen molar-refractivity contribution >= 4 is 34.7 Å². The first-order valence-electron chi connectivity index (χ1n) is 23.7. The molecule has 0 radical (unpaired) electrons. The van der Waals surface area contributed by atoms with Crippen LogP contribution in [0.15, 0.2) is 70.7 Å². The number of phenols is 1. The molecule has 2 aromatic carbocycles. The molecule has 0 saturated carbocycles. The quantitative estimate of drug-likeness (QED) is 0.0988. The Morgan fingerprint density at radius 2 is 1.84 bits per heavy atom. The van der Waals surface area contributed by atoms with Crippen LogP contribution < -0.4 is 20.3 Å². The Morgan fingerprint density at radius 3 is 2.58 bits per heavy atom. The van der Waals surface area contributed by atoms with Gasteiger partial charge in [-0.3, -0.25) is 19.4 Å². The number of benzene rings is 2. The molecule has 7 heterocycles. The van der Waals surface area contributed by atoms with Crippen LogP contribution in [0.4, 0.5) is 11.5 Å². The lowest BCUT2D eigenvalue weighted by Crippen LogP contribution is -2.59. The summed E-state index contributed by atoms with van der Waals surface area (Å²) in [4.78, 5) is 42.5. The third-order valence-corrected chi connectivity index (χ3v) is 15.4. The van der Waals surface area contributed by atoms with E-state index in [9.17, 15) is 19.8 Å². The molecule has 67 heavy (non-hydrogen) atoms. The van der Waals surface area contributed by atoms with Crippen molar-refractivity contribution in [1.82, 2.24) is 40.4 Å². The van der Waals surface area contributed by atoms with Crippen LogP contribution in [-0.2, 0) is 9.59 Å². The molecule has 356 valence electrons. The minimum Gasteiger partial charge on any atom is -0.507 e. The van der Waals surface area contributed by atoms with E-state index in [0.717, 1.165) is 92.0 Å². The topological polar surface area (TPSA) is 186 Å². The molecule has 0 aliphatic carbocycles. The summed E-state index contributed by atoms with van der Waals surface area (Å²) < 4.78 is 11.9. The van der Waals surface area contributed by atoms with Crippen molar-refractivity contribution in [3.05, 3.63) is 83.2 Å². The smallest absolute Gasteiger partial charge is 0.254 e. The van der Waals surface area contributed by atoms with Gasteiger partial charge in [0.05, 0.1) is 45.7 Å². The number of aliphatic hydroxyl groups is 1. The Labute approximate surface area is 396 Å². The van der Waals surface area contributed by atoms with Crippen LogP contribution in [0, 0.1) is 24.2 Å². The van der Waals surface area contributed by atoms with Crippen molar-refractivity contribution < 1.29 is 29.1 Å². The summed E-state index contributed by atoms with van der Waals surface area (Å²) in [6.45, 7) is 20.4. The summed E-state index contributed by atoms with van der Waals surface area (Å²) in [6, 6.07) is 18.3. The third-order valence-electron chi connectivity index (χ3n) is 14.4. The molecule has 6 atom stereocenters. The van der Waals surface area contributed by atoms with E-state index in [4.69, 9.17) is 9.26 Å². The monoisotopic (exact) mass is 932 g/mol. The molecule has 3 fully saturated rings. The summed E-state index contributed by atoms with van der Waals surface area (Å²) in [5, 5.41) is 40.9. The molecule has 1 unspecified atom stereocenters. The molecule has 16 nitrogen and oxygen atoms in total. The number of aromatic nitrogens is 4. The first-order chi connectivity index (χ1) is 32.2. The number of nitrogens with zero attached hydrogens (tertiary/aromatic N) is 8. The van der Waals surface area contributed by atoms with Gasteiger partial charge < -0.3 is 39.9 Å². The lowest BCUT2D eigenvalue weighted by atomic mass is 9.73. The highest BCUT2D eigenvalue weighted by Crippen LogP contribution is 2.39. The van der Waals surface area contributed by atoms with Gasteiger partial charge >= 0.3 is 0 Å². The lowest BCUT2D eigenvalue weighted by Gasteiger charge is -2.49. The zero-order chi connectivity index (χ0) is 47.0. The number of hydrogen-bond donors (Lipinski definition) is 4. The number of aromatic hydroxyl groups is 1. The molecule has 0 bridgehead atoms. The number of aliphatic hydroxyl groups excluding tert-OH is 1. The van der Waals surface area contributed by atoms with Crippen LogP contribution in [0.5, 0.6) is 11.6 Å². The van der Waals surface area contributed by atoms with Gasteiger partial charge in [-0.15, -0.1) is 21.5 Å². The molecule has 9 rings (SSSR count). The average molecular weight is 933 g/mol. The number of phenolic OH excluding ortho intramolecular Hbond substituents is 1. The number of likely N-dealkylation sites (tertiary alicyclic amines) is 2. The van der Waals surface area contributed by atoms with Crippen molar-refractivity contribution in [2.75, 3.05) is 75.7 Å². The summed E-state index contributed by atoms with van der Waals surface area (Å²) >= 11 is 1.59. The van der Waals surface area contributed by atoms with E-state index in [1.165, 1.54) is 4.90 Å². The van der Waals surface area contributed by atoms with E-state index in [0.29, 0.717) is 41.5 Å². The van der Waals surface area contributed by atoms with Gasteiger partial charge in [0.1, 0.15) is 24.3 Å². The number of piperidine rings is 1. The molecule has 0 spiro atoms. The Morgan fingerprint density at radius 1 is 1.03 bits per heavy atom. The SMILES string of the molecule is Cc1ncsc1-c1ccc([C@H](C)NC(=O)[C@@H]2C[C@@H](O)CN2C(=O)[C@@H](c2cc(OCCN3CCC(CN4CCN5c6cc(-c7ccccc7O)nnc6NC[C@H]5C4)C(C)(C)C3)no2)C(C)C)cc1. The zero-order valence-electron chi connectivity index (χ0n) is 39.4. The van der Waals surface area contributed by atoms with Gasteiger partial charge in [-0.2, -0.15) is 0 Å². The van der Waals surface area contributed by atoms with E-state index in [2.05, 4.69) is 65.6 Å². The van der Waals surface area contributed by atoms with Crippen molar-refractivity contribution in [1.29, 1.82) is 0 Å². The Hall–Kier alpha value is -5.62. The maximum Gasteiger partial charge on any atom is 0.254 e. The van der Waals surface area contributed by atoms with Crippen molar-refractivity contribution in [2.45, 2.75) is 84.5 Å². The Kier molecular flexibility index (Phi) is 13.6. The normalized spacial score (nSPS) is 22.7. The maximum atomic E-state index is 14.3. The fraction of sp³-hybridized carbons (Fsp3) is 0.520. The van der Waals surface area contributed by atoms with Gasteiger partial charge in [0.15, 0.2) is 11.6 Å². The molecule has 5 aromatic rings. The van der Waals surface area contributed by atoms with Crippen molar-refractivity contribution in [2.24, 2.45) is 17.3 Å². The number of carbonyl (C=O) groups excluding carboxylic acids is 2. The maximum absolute atomic E-state index is 14.3. The minimum atomic E-state index is -0.822. The van der Waals surface area contributed by atoms with Crippen LogP contribution in [0.25, 0.3) is 21.7 Å². The van der Waals surface area contributed by atoms with Gasteiger partial charge in [0, 0.05) is 70.4 Å². The fourth-order valence-electron chi connectivity index (χ4n) is 10.6. The highest BCUT2D eigenvalue weighted by Gasteiger charge is 2.44. The van der Waals surface area contributed by atoms with Crippen LogP contribution in [-0.4, -0.2) is 141 Å². The number of rotatable bonds is 14. The van der Waals surface area contributed by atoms with E-state index in [-0.39, 0.29) is 47.9 Å². The van der Waals surface area contributed by atoms with Crippen LogP contribution in [0.1, 0.15) is 76.4 Å². The second-order valence-corrected chi connectivity index (χ2v) is 20.7. The first kappa shape index (κ1) is 46.5. The number of β-amino-alcohol motifs (C(OH)–C–C–N with tert-alkyl or cyclic N) is 1. The molecule has 4 aliphatic heterocycles. The third kappa shape index (κ3) is 10.0. The van der Waals surface area contributed by atoms with E-state index in [1.807, 2.05) is 75.7 Å². The summed E-state index contributed by atoms with van der Waals surface area (Å²) in [5.41, 5.74) is 7.32. The molecule has 4 aliphatic rings. The van der Waals surface area contributed by atoms with E-state index < -0.39 is 18.1 Å². The zero-order valence-corrected chi connectivity index (χ0v) is 40.2. The van der Waals surface area contributed by atoms with Crippen LogP contribution in [0.3, 0.4) is 0 Å². The number of nitrogens with one attached hydrogen (secondary N) is 2. The Balaban J connectivity index is 0.748. The summed E-state index contributed by atoms with van der Waals surface area (Å²) in [7, 11) is 0. The highest BCUT2D eigenvalue weighted by molar-refractivity contribution is 7.13. The number of amides is 2. The van der Waals surface area contributed by atoms with Crippen molar-refractivity contribution in [3.63, 3.8) is 0 Å². The van der Waals surface area contributed by atoms with Gasteiger partial charge in [0.2, 0.25) is 11.8 Å². The van der Waals surface area contributed by atoms with Gasteiger partial charge in [-0.25, -0.2) is 4.98 Å². The van der Waals surface area contributed by atoms with E-state index >= 15 is 0 Å². The number of anilines is 2. The molecular formula is C50H64N10O6S. The number of hydrogen-bond acceptors (Lipinski definition) is 15. The van der Waals surface area contributed by atoms with Crippen LogP contribution >= 0.6 is 11.3 Å². The van der Waals surface area contributed by atoms with Crippen molar-refractivity contribution in [3.8, 4) is 33.3 Å². The second kappa shape index (κ2) is 19.5. The number of para-hydroxylation sites is 1. The number of thiazole rings is 1. The molecule has 2 amide bonds. The molecule has 17 heteroatoms. The molecule has 4 N–H and O–H groups in total. The van der Waals surface area contributed by atoms with Gasteiger partial charge in [0.25, 0.3) is 5.88 Å². The number of piperazine rings is 1. The predicted octanol–water partition coefficient (Wildman–Crippen LogP) is 6.19. The summed E-state index contributed by atoms with van der Waals surface area (Å²) in [5.74, 6) is 0.767. The number of carbonyl (C=O) groups is 2. The number of ether oxygens (including phenoxy) is 1. The number of aryl methyl sites for hydroxylation is 1. The standard InChI is InChI=1S/C50H64N10O6S/c1-30(2)45(49(64)60-27-37(61)21-41(60)48(63)53-31(3)33-11-13-34(14-12-33)46-32(4)52-29-67-46)43-23-44(56-66-43)65-20-19-57-16-15-35(50(5,6)28-57)25-58-17-18-59-36(26-58)24-51-47-40(59)22-39(54-55-47)38-9-7-8-10-42(38)62/h7-14,22-23,29-31,35-37,41,45,61-62H,15-21,24-28H2,1-6H3,(H,51,55)(H,53,63)/t31-,35?,36-,37+,41-,45+/m0/s1.